The number of anilines is 1. The van der Waals surface area contributed by atoms with Gasteiger partial charge in [-0.3, -0.25) is 10.1 Å². The summed E-state index contributed by atoms with van der Waals surface area (Å²) in [6.07, 6.45) is 0.577. The number of sulfonamides is 1. The normalized spacial score (nSPS) is 15.1. The third-order valence-corrected chi connectivity index (χ3v) is 8.53. The summed E-state index contributed by atoms with van der Waals surface area (Å²) in [5, 5.41) is 14.9. The van der Waals surface area contributed by atoms with Crippen LogP contribution >= 0.6 is 34.5 Å². The van der Waals surface area contributed by atoms with Crippen LogP contribution in [0, 0.1) is 10.1 Å². The number of aromatic nitrogens is 1. The topological polar surface area (TPSA) is 96.6 Å². The number of nitro benzene ring substituents is 1. The molecule has 0 spiro atoms. The molecule has 12 heteroatoms. The van der Waals surface area contributed by atoms with E-state index in [9.17, 15) is 18.5 Å². The van der Waals surface area contributed by atoms with Gasteiger partial charge in [0.2, 0.25) is 10.0 Å². The number of piperazine rings is 1. The molecule has 0 amide bonds. The van der Waals surface area contributed by atoms with Crippen molar-refractivity contribution in [2.75, 3.05) is 31.1 Å². The minimum absolute atomic E-state index is 0.0727. The molecular formula is C20H18Cl2N4O4S2. The van der Waals surface area contributed by atoms with E-state index in [1.807, 2.05) is 16.3 Å². The van der Waals surface area contributed by atoms with Crippen molar-refractivity contribution < 1.29 is 13.3 Å². The van der Waals surface area contributed by atoms with E-state index < -0.39 is 14.9 Å². The Kier molecular flexibility index (Phi) is 6.68. The first-order chi connectivity index (χ1) is 15.2. The molecule has 8 nitrogen and oxygen atoms in total. The lowest BCUT2D eigenvalue weighted by Crippen LogP contribution is -2.48. The summed E-state index contributed by atoms with van der Waals surface area (Å²) in [6.45, 7) is 1.48. The molecule has 1 fully saturated rings. The molecule has 1 aliphatic heterocycles. The molecule has 32 heavy (non-hydrogen) atoms. The fraction of sp³-hybridized carbons (Fsp3) is 0.250. The Morgan fingerprint density at radius 1 is 1.09 bits per heavy atom. The number of hydrogen-bond acceptors (Lipinski definition) is 7. The molecule has 2 aromatic carbocycles. The van der Waals surface area contributed by atoms with Gasteiger partial charge in [-0.2, -0.15) is 4.31 Å². The highest BCUT2D eigenvalue weighted by atomic mass is 35.5. The van der Waals surface area contributed by atoms with Crippen molar-refractivity contribution in [2.45, 2.75) is 11.3 Å². The molecule has 0 saturated carbocycles. The standard InChI is InChI=1S/C20H18Cl2N4O4S2/c21-15-5-4-14(19(22)11-15)10-16-13-31-20(23-16)24-6-8-25(9-7-24)32(29,30)18-3-1-2-17(12-18)26(27)28/h1-5,11-13H,6-10H2. The first kappa shape index (κ1) is 22.9. The summed E-state index contributed by atoms with van der Waals surface area (Å²) in [6, 6.07) is 10.5. The lowest BCUT2D eigenvalue weighted by Gasteiger charge is -2.33. The van der Waals surface area contributed by atoms with E-state index in [4.69, 9.17) is 23.2 Å². The van der Waals surface area contributed by atoms with Crippen molar-refractivity contribution in [1.29, 1.82) is 0 Å². The van der Waals surface area contributed by atoms with Crippen LogP contribution in [0.15, 0.2) is 52.7 Å². The van der Waals surface area contributed by atoms with Gasteiger partial charge in [-0.1, -0.05) is 35.3 Å². The van der Waals surface area contributed by atoms with Gasteiger partial charge < -0.3 is 4.90 Å². The summed E-state index contributed by atoms with van der Waals surface area (Å²) in [5.74, 6) is 0. The fourth-order valence-electron chi connectivity index (χ4n) is 3.41. The van der Waals surface area contributed by atoms with Gasteiger partial charge in [-0.15, -0.1) is 11.3 Å². The van der Waals surface area contributed by atoms with Gasteiger partial charge in [0.15, 0.2) is 5.13 Å². The zero-order valence-electron chi connectivity index (χ0n) is 16.6. The van der Waals surface area contributed by atoms with Crippen LogP contribution in [0.2, 0.25) is 10.0 Å². The Morgan fingerprint density at radius 2 is 1.84 bits per heavy atom. The molecule has 1 saturated heterocycles. The molecule has 0 radical (unpaired) electrons. The monoisotopic (exact) mass is 512 g/mol. The maximum atomic E-state index is 12.9. The Labute approximate surface area is 199 Å². The maximum Gasteiger partial charge on any atom is 0.270 e. The average Bonchev–Trinajstić information content (AvgIpc) is 3.24. The van der Waals surface area contributed by atoms with Crippen LogP contribution < -0.4 is 4.90 Å². The van der Waals surface area contributed by atoms with Gasteiger partial charge in [0, 0.05) is 60.2 Å². The highest BCUT2D eigenvalue weighted by Gasteiger charge is 2.30. The van der Waals surface area contributed by atoms with Crippen LogP contribution in [0.1, 0.15) is 11.3 Å². The van der Waals surface area contributed by atoms with Crippen molar-refractivity contribution in [1.82, 2.24) is 9.29 Å². The minimum Gasteiger partial charge on any atom is -0.345 e. The second-order valence-corrected chi connectivity index (χ2v) is 10.8. The lowest BCUT2D eigenvalue weighted by atomic mass is 10.1. The van der Waals surface area contributed by atoms with Crippen molar-refractivity contribution in [3.05, 3.63) is 79.3 Å². The summed E-state index contributed by atoms with van der Waals surface area (Å²) >= 11 is 13.7. The van der Waals surface area contributed by atoms with Crippen LogP contribution in [-0.4, -0.2) is 48.8 Å². The molecule has 1 aliphatic rings. The molecule has 0 aliphatic carbocycles. The van der Waals surface area contributed by atoms with Gasteiger partial charge in [0.05, 0.1) is 15.5 Å². The smallest absolute Gasteiger partial charge is 0.270 e. The number of halogens is 2. The van der Waals surface area contributed by atoms with Crippen molar-refractivity contribution >= 4 is 55.4 Å². The zero-order valence-corrected chi connectivity index (χ0v) is 19.8. The van der Waals surface area contributed by atoms with Crippen molar-refractivity contribution in [2.24, 2.45) is 0 Å². The molecule has 0 bridgehead atoms. The zero-order chi connectivity index (χ0) is 22.9. The highest BCUT2D eigenvalue weighted by Crippen LogP contribution is 2.28. The van der Waals surface area contributed by atoms with E-state index >= 15 is 0 Å². The molecular weight excluding hydrogens is 495 g/mol. The second-order valence-electron chi connectivity index (χ2n) is 7.18. The minimum atomic E-state index is -3.81. The van der Waals surface area contributed by atoms with E-state index in [1.165, 1.54) is 33.8 Å². The summed E-state index contributed by atoms with van der Waals surface area (Å²) in [4.78, 5) is 17.0. The van der Waals surface area contributed by atoms with Gasteiger partial charge >= 0.3 is 0 Å². The maximum absolute atomic E-state index is 12.9. The van der Waals surface area contributed by atoms with E-state index in [-0.39, 0.29) is 23.7 Å². The SMILES string of the molecule is O=[N+]([O-])c1cccc(S(=O)(=O)N2CCN(c3nc(Cc4ccc(Cl)cc4Cl)cs3)CC2)c1. The van der Waals surface area contributed by atoms with Gasteiger partial charge in [-0.05, 0) is 23.8 Å². The van der Waals surface area contributed by atoms with Crippen LogP contribution in [0.4, 0.5) is 10.8 Å². The third kappa shape index (κ3) is 4.89. The van der Waals surface area contributed by atoms with Crippen molar-refractivity contribution in [3.63, 3.8) is 0 Å². The predicted octanol–water partition coefficient (Wildman–Crippen LogP) is 4.46. The Bertz CT molecular complexity index is 1260. The molecule has 1 aromatic heterocycles. The number of thiazole rings is 1. The number of nitro groups is 1. The lowest BCUT2D eigenvalue weighted by molar-refractivity contribution is -0.385. The quantitative estimate of drug-likeness (QED) is 0.357. The number of rotatable bonds is 6. The highest BCUT2D eigenvalue weighted by molar-refractivity contribution is 7.89. The molecule has 2 heterocycles. The van der Waals surface area contributed by atoms with E-state index in [0.717, 1.165) is 22.5 Å². The van der Waals surface area contributed by atoms with Crippen molar-refractivity contribution in [3.8, 4) is 0 Å². The largest absolute Gasteiger partial charge is 0.345 e. The summed E-state index contributed by atoms with van der Waals surface area (Å²) in [5.41, 5.74) is 1.56. The van der Waals surface area contributed by atoms with Crippen LogP contribution in [0.25, 0.3) is 0 Å². The Morgan fingerprint density at radius 3 is 2.53 bits per heavy atom. The molecule has 3 aromatic rings. The number of benzene rings is 2. The van der Waals surface area contributed by atoms with Gasteiger partial charge in [-0.25, -0.2) is 13.4 Å². The predicted molar refractivity (Wildman–Crippen MR) is 125 cm³/mol. The average molecular weight is 513 g/mol. The van der Waals surface area contributed by atoms with Gasteiger partial charge in [0.25, 0.3) is 5.69 Å². The number of hydrogen-bond donors (Lipinski definition) is 0. The summed E-state index contributed by atoms with van der Waals surface area (Å²) in [7, 11) is -3.81. The summed E-state index contributed by atoms with van der Waals surface area (Å²) < 4.78 is 27.2. The Hall–Kier alpha value is -2.24. The number of nitrogens with zero attached hydrogens (tertiary/aromatic N) is 4. The van der Waals surface area contributed by atoms with E-state index in [2.05, 4.69) is 4.98 Å². The Balaban J connectivity index is 1.42. The molecule has 0 unspecified atom stereocenters. The third-order valence-electron chi connectivity index (χ3n) is 5.10. The number of non-ortho nitro benzene ring substituents is 1. The van der Waals surface area contributed by atoms with Crippen LogP contribution in [-0.2, 0) is 16.4 Å². The fourth-order valence-corrected chi connectivity index (χ4v) is 6.23. The van der Waals surface area contributed by atoms with Crippen LogP contribution in [0.3, 0.4) is 0 Å². The molecule has 0 N–H and O–H groups in total. The first-order valence-electron chi connectivity index (χ1n) is 9.62. The molecule has 0 atom stereocenters. The molecule has 168 valence electrons. The first-order valence-corrected chi connectivity index (χ1v) is 12.7. The van der Waals surface area contributed by atoms with E-state index in [0.29, 0.717) is 29.6 Å². The van der Waals surface area contributed by atoms with E-state index in [1.54, 1.807) is 12.1 Å². The second kappa shape index (κ2) is 9.32. The molecule has 4 rings (SSSR count). The van der Waals surface area contributed by atoms with Crippen LogP contribution in [0.5, 0.6) is 0 Å². The van der Waals surface area contributed by atoms with Gasteiger partial charge in [0.1, 0.15) is 0 Å².